The number of rotatable bonds is 2. The molecule has 0 N–H and O–H groups in total. The average molecular weight is 439 g/mol. The summed E-state index contributed by atoms with van der Waals surface area (Å²) >= 11 is 7.89. The first kappa shape index (κ1) is 19.2. The number of amidine groups is 1. The maximum absolute atomic E-state index is 14.4. The largest absolute Gasteiger partial charge is 0.272 e. The molecular weight excluding hydrogens is 423 g/mol. The van der Waals surface area contributed by atoms with E-state index in [9.17, 15) is 9.18 Å². The Morgan fingerprint density at radius 2 is 2.03 bits per heavy atom. The Hall–Kier alpha value is -2.77. The number of carbonyl (C=O) groups is 1. The quantitative estimate of drug-likeness (QED) is 0.521. The summed E-state index contributed by atoms with van der Waals surface area (Å²) in [7, 11) is 0. The lowest BCUT2D eigenvalue weighted by Gasteiger charge is -2.23. The zero-order valence-electron chi connectivity index (χ0n) is 16.0. The highest BCUT2D eigenvalue weighted by Gasteiger charge is 2.36. The minimum Gasteiger partial charge on any atom is -0.272 e. The first-order valence-electron chi connectivity index (χ1n) is 9.42. The molecule has 150 valence electrons. The van der Waals surface area contributed by atoms with E-state index >= 15 is 0 Å². The maximum atomic E-state index is 14.4. The number of pyridine rings is 1. The number of fused-ring (bicyclic) bond motifs is 1. The van der Waals surface area contributed by atoms with Crippen LogP contribution in [0.25, 0.3) is 10.9 Å². The second kappa shape index (κ2) is 7.49. The number of hydrogen-bond donors (Lipinski definition) is 0. The van der Waals surface area contributed by atoms with Crippen LogP contribution >= 0.6 is 23.4 Å². The van der Waals surface area contributed by atoms with E-state index in [2.05, 4.69) is 15.1 Å². The summed E-state index contributed by atoms with van der Waals surface area (Å²) in [6.07, 6.45) is 0.424. The summed E-state index contributed by atoms with van der Waals surface area (Å²) in [5, 5.41) is 8.16. The molecule has 1 aromatic heterocycles. The van der Waals surface area contributed by atoms with Crippen molar-refractivity contribution in [2.45, 2.75) is 19.4 Å². The van der Waals surface area contributed by atoms with E-state index < -0.39 is 0 Å². The highest BCUT2D eigenvalue weighted by molar-refractivity contribution is 8.14. The van der Waals surface area contributed by atoms with Crippen molar-refractivity contribution in [3.8, 4) is 0 Å². The smallest absolute Gasteiger partial charge is 0.258 e. The van der Waals surface area contributed by atoms with Gasteiger partial charge in [-0.15, -0.1) is 0 Å². The van der Waals surface area contributed by atoms with Crippen LogP contribution in [-0.2, 0) is 4.79 Å². The lowest BCUT2D eigenvalue weighted by Crippen LogP contribution is -2.24. The molecule has 0 radical (unpaired) electrons. The highest BCUT2D eigenvalue weighted by Crippen LogP contribution is 2.39. The van der Waals surface area contributed by atoms with Gasteiger partial charge >= 0.3 is 0 Å². The minimum absolute atomic E-state index is 0.207. The molecule has 0 spiro atoms. The predicted molar refractivity (Wildman–Crippen MR) is 119 cm³/mol. The Morgan fingerprint density at radius 1 is 1.20 bits per heavy atom. The molecule has 1 unspecified atom stereocenters. The van der Waals surface area contributed by atoms with Crippen molar-refractivity contribution >= 4 is 51.1 Å². The van der Waals surface area contributed by atoms with Gasteiger partial charge in [-0.3, -0.25) is 4.79 Å². The van der Waals surface area contributed by atoms with Gasteiger partial charge in [-0.1, -0.05) is 53.2 Å². The van der Waals surface area contributed by atoms with Crippen LogP contribution in [0.3, 0.4) is 0 Å². The Morgan fingerprint density at radius 3 is 2.80 bits per heavy atom. The van der Waals surface area contributed by atoms with Gasteiger partial charge in [0.15, 0.2) is 5.17 Å². The molecule has 2 aromatic carbocycles. The molecule has 8 heteroatoms. The van der Waals surface area contributed by atoms with Crippen molar-refractivity contribution in [3.05, 3.63) is 76.2 Å². The molecule has 1 amide bonds. The minimum atomic E-state index is -0.340. The molecule has 0 fully saturated rings. The average Bonchev–Trinajstić information content (AvgIpc) is 3.34. The van der Waals surface area contributed by atoms with Gasteiger partial charge in [0.2, 0.25) is 0 Å². The standard InChI is InChI=1S/C22H16ClFN4OS/c1-12-6-7-17-13(8-12)9-15(21(23)25-17)19-10-18(14-4-2-3-5-16(14)24)27-28(19)22-26-20(29)11-30-22/h2-9,19H,10-11H2,1H3. The Bertz CT molecular complexity index is 1260. The number of hydrogen-bond acceptors (Lipinski definition) is 5. The number of nitrogens with zero attached hydrogens (tertiary/aromatic N) is 4. The molecule has 0 bridgehead atoms. The molecule has 5 rings (SSSR count). The number of amides is 1. The fourth-order valence-electron chi connectivity index (χ4n) is 3.72. The third-order valence-corrected chi connectivity index (χ3v) is 6.38. The van der Waals surface area contributed by atoms with E-state index in [0.717, 1.165) is 22.0 Å². The van der Waals surface area contributed by atoms with Crippen LogP contribution in [0.2, 0.25) is 5.15 Å². The van der Waals surface area contributed by atoms with Crippen LogP contribution < -0.4 is 0 Å². The van der Waals surface area contributed by atoms with Crippen molar-refractivity contribution in [2.24, 2.45) is 10.1 Å². The van der Waals surface area contributed by atoms with Gasteiger partial charge in [0.25, 0.3) is 5.91 Å². The molecule has 1 atom stereocenters. The van der Waals surface area contributed by atoms with Crippen molar-refractivity contribution in [1.29, 1.82) is 0 Å². The van der Waals surface area contributed by atoms with E-state index in [4.69, 9.17) is 11.6 Å². The number of aromatic nitrogens is 1. The zero-order chi connectivity index (χ0) is 20.8. The number of thioether (sulfide) groups is 1. The third kappa shape index (κ3) is 3.38. The molecule has 5 nitrogen and oxygen atoms in total. The lowest BCUT2D eigenvalue weighted by atomic mass is 9.98. The number of hydrazone groups is 1. The van der Waals surface area contributed by atoms with Crippen LogP contribution in [0.5, 0.6) is 0 Å². The topological polar surface area (TPSA) is 57.9 Å². The molecule has 3 aromatic rings. The molecule has 0 saturated carbocycles. The van der Waals surface area contributed by atoms with Crippen LogP contribution in [0.1, 0.15) is 29.2 Å². The first-order chi connectivity index (χ1) is 14.5. The normalized spacial score (nSPS) is 18.8. The van der Waals surface area contributed by atoms with E-state index in [1.165, 1.54) is 17.8 Å². The SMILES string of the molecule is Cc1ccc2nc(Cl)c(C3CC(c4ccccc4F)=NN3C3=NC(=O)CS3)cc2c1. The fourth-order valence-corrected chi connectivity index (χ4v) is 4.78. The van der Waals surface area contributed by atoms with E-state index in [0.29, 0.717) is 28.0 Å². The van der Waals surface area contributed by atoms with Crippen LogP contribution in [0.15, 0.2) is 58.6 Å². The summed E-state index contributed by atoms with van der Waals surface area (Å²) < 4.78 is 14.4. The van der Waals surface area contributed by atoms with Crippen molar-refractivity contribution in [1.82, 2.24) is 9.99 Å². The number of aliphatic imine (C=N–C) groups is 1. The molecule has 0 aliphatic carbocycles. The molecule has 0 saturated heterocycles. The van der Waals surface area contributed by atoms with Gasteiger partial charge in [-0.25, -0.2) is 14.4 Å². The monoisotopic (exact) mass is 438 g/mol. The second-order valence-electron chi connectivity index (χ2n) is 7.23. The number of carbonyl (C=O) groups excluding carboxylic acids is 1. The van der Waals surface area contributed by atoms with E-state index in [1.807, 2.05) is 31.2 Å². The predicted octanol–water partition coefficient (Wildman–Crippen LogP) is 5.12. The summed E-state index contributed by atoms with van der Waals surface area (Å²) in [6.45, 7) is 2.02. The summed E-state index contributed by atoms with van der Waals surface area (Å²) in [5.74, 6) is -0.277. The Labute approximate surface area is 181 Å². The van der Waals surface area contributed by atoms with Crippen LogP contribution in [0, 0.1) is 12.7 Å². The lowest BCUT2D eigenvalue weighted by molar-refractivity contribution is -0.115. The number of halogens is 2. The molecule has 30 heavy (non-hydrogen) atoms. The first-order valence-corrected chi connectivity index (χ1v) is 10.8. The van der Waals surface area contributed by atoms with Crippen molar-refractivity contribution in [3.63, 3.8) is 0 Å². The fraction of sp³-hybridized carbons (Fsp3) is 0.182. The molecule has 2 aliphatic heterocycles. The van der Waals surface area contributed by atoms with Gasteiger partial charge in [-0.2, -0.15) is 10.1 Å². The Kier molecular flexibility index (Phi) is 4.79. The van der Waals surface area contributed by atoms with E-state index in [-0.39, 0.29) is 23.5 Å². The second-order valence-corrected chi connectivity index (χ2v) is 8.53. The van der Waals surface area contributed by atoms with Crippen LogP contribution in [0.4, 0.5) is 4.39 Å². The maximum Gasteiger partial charge on any atom is 0.258 e. The van der Waals surface area contributed by atoms with Gasteiger partial charge in [0.1, 0.15) is 11.0 Å². The van der Waals surface area contributed by atoms with Gasteiger partial charge in [0.05, 0.1) is 23.0 Å². The third-order valence-electron chi connectivity index (χ3n) is 5.15. The Balaban J connectivity index is 1.62. The summed E-state index contributed by atoms with van der Waals surface area (Å²) in [6, 6.07) is 14.2. The highest BCUT2D eigenvalue weighted by atomic mass is 35.5. The number of benzene rings is 2. The summed E-state index contributed by atoms with van der Waals surface area (Å²) in [5.41, 5.74) is 3.71. The zero-order valence-corrected chi connectivity index (χ0v) is 17.5. The van der Waals surface area contributed by atoms with Gasteiger partial charge in [-0.05, 0) is 31.2 Å². The van der Waals surface area contributed by atoms with Crippen molar-refractivity contribution < 1.29 is 9.18 Å². The summed E-state index contributed by atoms with van der Waals surface area (Å²) in [4.78, 5) is 20.4. The molecular formula is C22H16ClFN4OS. The van der Waals surface area contributed by atoms with Gasteiger partial charge < -0.3 is 0 Å². The van der Waals surface area contributed by atoms with Crippen LogP contribution in [-0.4, -0.2) is 32.5 Å². The van der Waals surface area contributed by atoms with Gasteiger partial charge in [0, 0.05) is 22.9 Å². The number of aryl methyl sites for hydroxylation is 1. The molecule has 2 aliphatic rings. The van der Waals surface area contributed by atoms with E-state index in [1.54, 1.807) is 23.2 Å². The van der Waals surface area contributed by atoms with Crippen molar-refractivity contribution in [2.75, 3.05) is 5.75 Å². The molecule has 3 heterocycles.